The van der Waals surface area contributed by atoms with E-state index < -0.39 is 0 Å². The summed E-state index contributed by atoms with van der Waals surface area (Å²) in [5.74, 6) is 0.476. The molecule has 0 radical (unpaired) electrons. The number of nitrogens with one attached hydrogen (secondary N) is 2. The van der Waals surface area contributed by atoms with Gasteiger partial charge in [0.1, 0.15) is 11.3 Å². The molecule has 146 valence electrons. The second kappa shape index (κ2) is 7.09. The van der Waals surface area contributed by atoms with Gasteiger partial charge < -0.3 is 14.8 Å². The fourth-order valence-corrected chi connectivity index (χ4v) is 3.82. The molecule has 2 aliphatic heterocycles. The number of aliphatic imine (C=N–C) groups is 1. The van der Waals surface area contributed by atoms with Crippen molar-refractivity contribution in [3.63, 3.8) is 0 Å². The Kier molecular flexibility index (Phi) is 4.27. The topological polar surface area (TPSA) is 76.6 Å². The predicted molar refractivity (Wildman–Crippen MR) is 115 cm³/mol. The molecule has 2 N–H and O–H groups in total. The van der Waals surface area contributed by atoms with E-state index in [0.29, 0.717) is 11.7 Å². The molecule has 1 amide bonds. The average molecular weight is 386 g/mol. The van der Waals surface area contributed by atoms with Gasteiger partial charge >= 0.3 is 0 Å². The van der Waals surface area contributed by atoms with Crippen molar-refractivity contribution >= 4 is 34.7 Å². The van der Waals surface area contributed by atoms with Gasteiger partial charge in [-0.1, -0.05) is 18.2 Å². The number of fused-ring (bicyclic) bond motifs is 1. The Morgan fingerprint density at radius 3 is 2.62 bits per heavy atom. The largest absolute Gasteiger partial charge is 0.368 e. The molecule has 1 saturated heterocycles. The monoisotopic (exact) mass is 386 g/mol. The molecule has 7 heteroatoms. The first-order valence-corrected chi connectivity index (χ1v) is 9.78. The zero-order chi connectivity index (χ0) is 19.8. The normalized spacial score (nSPS) is 18.4. The smallest absolute Gasteiger partial charge is 0.276 e. The van der Waals surface area contributed by atoms with Crippen LogP contribution in [-0.4, -0.2) is 52.9 Å². The molecule has 1 aromatic carbocycles. The number of benzene rings is 1. The van der Waals surface area contributed by atoms with Crippen LogP contribution >= 0.6 is 0 Å². The molecule has 0 aliphatic carbocycles. The summed E-state index contributed by atoms with van der Waals surface area (Å²) in [6.07, 6.45) is 5.51. The zero-order valence-electron chi connectivity index (χ0n) is 16.2. The van der Waals surface area contributed by atoms with Gasteiger partial charge in [0.15, 0.2) is 0 Å². The van der Waals surface area contributed by atoms with Crippen molar-refractivity contribution < 1.29 is 4.79 Å². The van der Waals surface area contributed by atoms with Crippen LogP contribution in [0.5, 0.6) is 0 Å². The SMILES string of the molecule is Cc1cnc2[nH]cc(C=C3N=C(N4CCN(c5ccccc5)CC4)NC3=O)c2c1. The van der Waals surface area contributed by atoms with Gasteiger partial charge in [0.2, 0.25) is 5.96 Å². The molecule has 29 heavy (non-hydrogen) atoms. The number of anilines is 1. The van der Waals surface area contributed by atoms with E-state index in [4.69, 9.17) is 0 Å². The van der Waals surface area contributed by atoms with Crippen LogP contribution in [0.4, 0.5) is 5.69 Å². The Hall–Kier alpha value is -3.61. The molecular formula is C22H22N6O. The molecule has 0 bridgehead atoms. The van der Waals surface area contributed by atoms with Crippen LogP contribution < -0.4 is 10.2 Å². The first kappa shape index (κ1) is 17.5. The third-order valence-electron chi connectivity index (χ3n) is 5.38. The van der Waals surface area contributed by atoms with Crippen molar-refractivity contribution in [1.82, 2.24) is 20.2 Å². The minimum atomic E-state index is -0.166. The predicted octanol–water partition coefficient (Wildman–Crippen LogP) is 2.52. The molecule has 0 spiro atoms. The van der Waals surface area contributed by atoms with E-state index >= 15 is 0 Å². The molecule has 0 unspecified atom stereocenters. The minimum Gasteiger partial charge on any atom is -0.368 e. The Bertz CT molecular complexity index is 1120. The molecule has 5 rings (SSSR count). The van der Waals surface area contributed by atoms with Crippen LogP contribution in [0.2, 0.25) is 0 Å². The number of aromatic nitrogens is 2. The number of piperazine rings is 1. The van der Waals surface area contributed by atoms with Gasteiger partial charge in [-0.2, -0.15) is 0 Å². The fraction of sp³-hybridized carbons (Fsp3) is 0.227. The van der Waals surface area contributed by atoms with Gasteiger partial charge in [0.05, 0.1) is 0 Å². The number of amides is 1. The van der Waals surface area contributed by atoms with Gasteiger partial charge in [-0.15, -0.1) is 0 Å². The van der Waals surface area contributed by atoms with E-state index in [1.54, 1.807) is 0 Å². The van der Waals surface area contributed by atoms with Crippen LogP contribution in [0.15, 0.2) is 59.5 Å². The van der Waals surface area contributed by atoms with Crippen LogP contribution in [0.25, 0.3) is 17.1 Å². The van der Waals surface area contributed by atoms with Gasteiger partial charge in [-0.05, 0) is 36.8 Å². The molecule has 1 fully saturated rings. The van der Waals surface area contributed by atoms with Crippen molar-refractivity contribution in [2.45, 2.75) is 6.92 Å². The molecule has 7 nitrogen and oxygen atoms in total. The lowest BCUT2D eigenvalue weighted by atomic mass is 10.1. The highest BCUT2D eigenvalue weighted by Gasteiger charge is 2.27. The molecule has 4 heterocycles. The van der Waals surface area contributed by atoms with Crippen LogP contribution in [0.1, 0.15) is 11.1 Å². The maximum absolute atomic E-state index is 12.5. The van der Waals surface area contributed by atoms with Crippen molar-refractivity contribution in [2.75, 3.05) is 31.1 Å². The lowest BCUT2D eigenvalue weighted by molar-refractivity contribution is -0.115. The number of carbonyl (C=O) groups is 1. The number of para-hydroxylation sites is 1. The second-order valence-electron chi connectivity index (χ2n) is 7.38. The van der Waals surface area contributed by atoms with Gasteiger partial charge in [-0.25, -0.2) is 9.98 Å². The summed E-state index contributed by atoms with van der Waals surface area (Å²) < 4.78 is 0. The average Bonchev–Trinajstić information content (AvgIpc) is 3.32. The lowest BCUT2D eigenvalue weighted by Crippen LogP contribution is -2.52. The van der Waals surface area contributed by atoms with Crippen molar-refractivity contribution in [1.29, 1.82) is 0 Å². The van der Waals surface area contributed by atoms with Crippen molar-refractivity contribution in [2.24, 2.45) is 4.99 Å². The maximum atomic E-state index is 12.5. The third-order valence-corrected chi connectivity index (χ3v) is 5.38. The zero-order valence-corrected chi connectivity index (χ0v) is 16.2. The van der Waals surface area contributed by atoms with Gasteiger partial charge in [-0.3, -0.25) is 10.1 Å². The lowest BCUT2D eigenvalue weighted by Gasteiger charge is -2.36. The fourth-order valence-electron chi connectivity index (χ4n) is 3.82. The molecule has 2 aliphatic rings. The van der Waals surface area contributed by atoms with Gasteiger partial charge in [0, 0.05) is 55.2 Å². The van der Waals surface area contributed by atoms with Crippen LogP contribution in [0, 0.1) is 6.92 Å². The number of nitrogens with zero attached hydrogens (tertiary/aromatic N) is 4. The number of hydrogen-bond donors (Lipinski definition) is 2. The second-order valence-corrected chi connectivity index (χ2v) is 7.38. The van der Waals surface area contributed by atoms with E-state index in [9.17, 15) is 4.79 Å². The highest BCUT2D eigenvalue weighted by atomic mass is 16.2. The Morgan fingerprint density at radius 1 is 1.07 bits per heavy atom. The number of hydrogen-bond acceptors (Lipinski definition) is 5. The van der Waals surface area contributed by atoms with E-state index in [1.165, 1.54) is 5.69 Å². The number of aromatic amines is 1. The van der Waals surface area contributed by atoms with Crippen LogP contribution in [0.3, 0.4) is 0 Å². The summed E-state index contributed by atoms with van der Waals surface area (Å²) in [7, 11) is 0. The van der Waals surface area contributed by atoms with Gasteiger partial charge in [0.25, 0.3) is 5.91 Å². The van der Waals surface area contributed by atoms with E-state index in [0.717, 1.165) is 48.3 Å². The Morgan fingerprint density at radius 2 is 1.83 bits per heavy atom. The van der Waals surface area contributed by atoms with E-state index in [1.807, 2.05) is 31.5 Å². The van der Waals surface area contributed by atoms with Crippen molar-refractivity contribution in [3.8, 4) is 0 Å². The quantitative estimate of drug-likeness (QED) is 0.664. The maximum Gasteiger partial charge on any atom is 0.276 e. The van der Waals surface area contributed by atoms with Crippen LogP contribution in [-0.2, 0) is 4.79 Å². The number of H-pyrrole nitrogens is 1. The van der Waals surface area contributed by atoms with Crippen molar-refractivity contribution in [3.05, 3.63) is 65.6 Å². The molecule has 0 saturated carbocycles. The number of carbonyl (C=O) groups excluding carboxylic acids is 1. The third kappa shape index (κ3) is 3.35. The number of pyridine rings is 1. The first-order chi connectivity index (χ1) is 14.2. The summed E-state index contributed by atoms with van der Waals surface area (Å²) in [4.78, 5) is 29.1. The Balaban J connectivity index is 1.34. The number of rotatable bonds is 2. The van der Waals surface area contributed by atoms with E-state index in [2.05, 4.69) is 60.4 Å². The standard InChI is InChI=1S/C22H22N6O/c1-15-11-18-16(14-24-20(18)23-13-15)12-19-21(29)26-22(25-19)28-9-7-27(8-10-28)17-5-3-2-4-6-17/h2-6,11-14H,7-10H2,1H3,(H,23,24)(H,25,26,29). The molecule has 2 aromatic heterocycles. The summed E-state index contributed by atoms with van der Waals surface area (Å²) in [6.45, 7) is 5.43. The Labute approximate surface area is 168 Å². The highest BCUT2D eigenvalue weighted by molar-refractivity contribution is 6.14. The highest BCUT2D eigenvalue weighted by Crippen LogP contribution is 2.22. The summed E-state index contributed by atoms with van der Waals surface area (Å²) in [6, 6.07) is 12.5. The van der Waals surface area contributed by atoms with E-state index in [-0.39, 0.29) is 5.91 Å². The summed E-state index contributed by atoms with van der Waals surface area (Å²) >= 11 is 0. The molecular weight excluding hydrogens is 364 g/mol. The summed E-state index contributed by atoms with van der Waals surface area (Å²) in [5.41, 5.74) is 4.46. The minimum absolute atomic E-state index is 0.166. The molecule has 3 aromatic rings. The number of aryl methyl sites for hydroxylation is 1. The molecule has 0 atom stereocenters. The first-order valence-electron chi connectivity index (χ1n) is 9.78. The summed E-state index contributed by atoms with van der Waals surface area (Å²) in [5, 5.41) is 3.92. The number of guanidine groups is 1.